The summed E-state index contributed by atoms with van der Waals surface area (Å²) in [4.78, 5) is 14.5. The van der Waals surface area contributed by atoms with Crippen LogP contribution in [0.2, 0.25) is 0 Å². The van der Waals surface area contributed by atoms with E-state index in [2.05, 4.69) is 4.98 Å². The lowest BCUT2D eigenvalue weighted by atomic mass is 10.2. The number of aromatic nitrogens is 1. The summed E-state index contributed by atoms with van der Waals surface area (Å²) in [5.41, 5.74) is 1.29. The van der Waals surface area contributed by atoms with Crippen LogP contribution in [0.4, 0.5) is 0 Å². The average Bonchev–Trinajstić information content (AvgIpc) is 2.04. The van der Waals surface area contributed by atoms with Gasteiger partial charge in [0.1, 0.15) is 0 Å². The second-order valence-electron chi connectivity index (χ2n) is 2.18. The van der Waals surface area contributed by atoms with Crippen molar-refractivity contribution in [3.63, 3.8) is 0 Å². The fraction of sp³-hybridized carbons (Fsp3) is 0. The van der Waals surface area contributed by atoms with Gasteiger partial charge in [0.05, 0.1) is 18.2 Å². The number of fused-ring (bicyclic) bond motifs is 1. The highest BCUT2D eigenvalue weighted by atomic mass is 16.3. The molecule has 0 radical (unpaired) electrons. The summed E-state index contributed by atoms with van der Waals surface area (Å²) in [5.74, 6) is 0. The Hall–Kier alpha value is -1.64. The molecule has 2 rings (SSSR count). The van der Waals surface area contributed by atoms with Crippen molar-refractivity contribution < 1.29 is 4.42 Å². The van der Waals surface area contributed by atoms with E-state index in [-0.39, 0.29) is 5.56 Å². The molecule has 0 saturated heterocycles. The molecule has 0 aliphatic carbocycles. The zero-order chi connectivity index (χ0) is 7.68. The van der Waals surface area contributed by atoms with Crippen molar-refractivity contribution in [1.82, 2.24) is 4.98 Å². The smallest absolute Gasteiger partial charge is 0.270 e. The van der Waals surface area contributed by atoms with Gasteiger partial charge in [-0.2, -0.15) is 0 Å². The predicted octanol–water partition coefficient (Wildman–Crippen LogP) is 1.14. The quantitative estimate of drug-likeness (QED) is 0.561. The number of pyridine rings is 1. The SMILES string of the molecule is O=c1ccc2coccc-2n1. The molecule has 0 aromatic heterocycles. The summed E-state index contributed by atoms with van der Waals surface area (Å²) in [6.07, 6.45) is 3.05. The molecule has 3 nitrogen and oxygen atoms in total. The van der Waals surface area contributed by atoms with Crippen LogP contribution in [0.1, 0.15) is 0 Å². The number of nitrogens with zero attached hydrogens (tertiary/aromatic N) is 1. The fourth-order valence-corrected chi connectivity index (χ4v) is 0.916. The lowest BCUT2D eigenvalue weighted by molar-refractivity contribution is 0.551. The third kappa shape index (κ3) is 1.00. The van der Waals surface area contributed by atoms with E-state index in [1.54, 1.807) is 18.4 Å². The van der Waals surface area contributed by atoms with Crippen molar-refractivity contribution >= 4 is 0 Å². The maximum absolute atomic E-state index is 10.7. The van der Waals surface area contributed by atoms with Crippen LogP contribution in [0.25, 0.3) is 11.3 Å². The predicted molar refractivity (Wildman–Crippen MR) is 39.4 cm³/mol. The minimum atomic E-state index is -0.219. The second kappa shape index (κ2) is 2.20. The molecule has 0 unspecified atom stereocenters. The molecule has 0 N–H and O–H groups in total. The van der Waals surface area contributed by atoms with Crippen molar-refractivity contribution in [3.8, 4) is 11.3 Å². The molecule has 2 aliphatic heterocycles. The zero-order valence-electron chi connectivity index (χ0n) is 5.65. The van der Waals surface area contributed by atoms with Crippen molar-refractivity contribution in [2.24, 2.45) is 0 Å². The van der Waals surface area contributed by atoms with Gasteiger partial charge in [-0.3, -0.25) is 4.79 Å². The van der Waals surface area contributed by atoms with Gasteiger partial charge >= 0.3 is 0 Å². The molecule has 0 spiro atoms. The summed E-state index contributed by atoms with van der Waals surface area (Å²) in [6.45, 7) is 0. The standard InChI is InChI=1S/C8H5NO2/c10-8-2-1-6-5-11-4-3-7(6)9-8/h1-5H. The van der Waals surface area contributed by atoms with E-state index in [0.717, 1.165) is 5.56 Å². The van der Waals surface area contributed by atoms with Crippen LogP contribution >= 0.6 is 0 Å². The van der Waals surface area contributed by atoms with Gasteiger partial charge in [-0.1, -0.05) is 0 Å². The van der Waals surface area contributed by atoms with Crippen molar-refractivity contribution in [2.75, 3.05) is 0 Å². The molecule has 0 aromatic rings. The lowest BCUT2D eigenvalue weighted by Gasteiger charge is -1.97. The van der Waals surface area contributed by atoms with Gasteiger partial charge in [0.15, 0.2) is 0 Å². The molecule has 0 aromatic carbocycles. The molecule has 11 heavy (non-hydrogen) atoms. The van der Waals surface area contributed by atoms with Gasteiger partial charge in [0, 0.05) is 11.6 Å². The monoisotopic (exact) mass is 147 g/mol. The first-order chi connectivity index (χ1) is 5.36. The Morgan fingerprint density at radius 1 is 1.27 bits per heavy atom. The number of hydrogen-bond donors (Lipinski definition) is 0. The molecule has 2 heterocycles. The summed E-state index contributed by atoms with van der Waals surface area (Å²) in [6, 6.07) is 4.77. The molecular formula is C8H5NO2. The van der Waals surface area contributed by atoms with Crippen LogP contribution in [0.15, 0.2) is 39.9 Å². The van der Waals surface area contributed by atoms with Gasteiger partial charge < -0.3 is 4.42 Å². The van der Waals surface area contributed by atoms with Gasteiger partial charge in [-0.05, 0) is 12.1 Å². The van der Waals surface area contributed by atoms with E-state index in [1.165, 1.54) is 12.3 Å². The van der Waals surface area contributed by atoms with Crippen molar-refractivity contribution in [1.29, 1.82) is 0 Å². The van der Waals surface area contributed by atoms with E-state index in [4.69, 9.17) is 4.42 Å². The number of hydrogen-bond acceptors (Lipinski definition) is 3. The summed E-state index contributed by atoms with van der Waals surface area (Å²) >= 11 is 0. The molecule has 0 amide bonds. The van der Waals surface area contributed by atoms with E-state index in [1.807, 2.05) is 0 Å². The van der Waals surface area contributed by atoms with E-state index >= 15 is 0 Å². The van der Waals surface area contributed by atoms with E-state index in [9.17, 15) is 4.79 Å². The van der Waals surface area contributed by atoms with E-state index < -0.39 is 0 Å². The fourth-order valence-electron chi connectivity index (χ4n) is 0.916. The largest absolute Gasteiger partial charge is 0.472 e. The van der Waals surface area contributed by atoms with Crippen LogP contribution in [0, 0.1) is 0 Å². The maximum Gasteiger partial charge on any atom is 0.270 e. The van der Waals surface area contributed by atoms with Gasteiger partial charge in [0.25, 0.3) is 5.56 Å². The molecule has 2 aliphatic rings. The highest BCUT2D eigenvalue weighted by Gasteiger charge is 2.00. The van der Waals surface area contributed by atoms with Crippen molar-refractivity contribution in [2.45, 2.75) is 0 Å². The molecular weight excluding hydrogens is 142 g/mol. The molecule has 0 atom stereocenters. The van der Waals surface area contributed by atoms with Crippen LogP contribution < -0.4 is 5.56 Å². The summed E-state index contributed by atoms with van der Waals surface area (Å²) < 4.78 is 4.89. The van der Waals surface area contributed by atoms with Gasteiger partial charge in [-0.25, -0.2) is 4.98 Å². The second-order valence-corrected chi connectivity index (χ2v) is 2.18. The van der Waals surface area contributed by atoms with Gasteiger partial charge in [0.2, 0.25) is 0 Å². The first-order valence-corrected chi connectivity index (χ1v) is 3.19. The first kappa shape index (κ1) is 6.09. The Morgan fingerprint density at radius 2 is 2.18 bits per heavy atom. The Kier molecular flexibility index (Phi) is 1.22. The minimum absolute atomic E-state index is 0.219. The van der Waals surface area contributed by atoms with Crippen LogP contribution in [0.3, 0.4) is 0 Å². The van der Waals surface area contributed by atoms with Crippen LogP contribution in [0.5, 0.6) is 0 Å². The normalized spacial score (nSPS) is 10.2. The Morgan fingerprint density at radius 3 is 3.09 bits per heavy atom. The lowest BCUT2D eigenvalue weighted by Crippen LogP contribution is -2.04. The molecule has 0 bridgehead atoms. The first-order valence-electron chi connectivity index (χ1n) is 3.19. The van der Waals surface area contributed by atoms with Crippen LogP contribution in [-0.4, -0.2) is 4.98 Å². The topological polar surface area (TPSA) is 43.1 Å². The summed E-state index contributed by atoms with van der Waals surface area (Å²) in [5, 5.41) is 0. The Balaban J connectivity index is 2.84. The Labute approximate surface area is 62.7 Å². The minimum Gasteiger partial charge on any atom is -0.472 e. The third-order valence-corrected chi connectivity index (χ3v) is 1.43. The third-order valence-electron chi connectivity index (χ3n) is 1.43. The van der Waals surface area contributed by atoms with Crippen molar-refractivity contribution in [3.05, 3.63) is 41.1 Å². The highest BCUT2D eigenvalue weighted by Crippen LogP contribution is 2.14. The highest BCUT2D eigenvalue weighted by molar-refractivity contribution is 5.56. The molecule has 3 heteroatoms. The Bertz CT molecular complexity index is 394. The molecule has 0 saturated carbocycles. The average molecular weight is 147 g/mol. The molecule has 0 fully saturated rings. The maximum atomic E-state index is 10.7. The summed E-state index contributed by atoms with van der Waals surface area (Å²) in [7, 11) is 0. The molecule has 54 valence electrons. The van der Waals surface area contributed by atoms with E-state index in [0.29, 0.717) is 5.69 Å². The van der Waals surface area contributed by atoms with Gasteiger partial charge in [-0.15, -0.1) is 0 Å². The van der Waals surface area contributed by atoms with Crippen LogP contribution in [-0.2, 0) is 0 Å². The zero-order valence-corrected chi connectivity index (χ0v) is 5.65. The number of rotatable bonds is 0.